The highest BCUT2D eigenvalue weighted by atomic mass is 16.5. The van der Waals surface area contributed by atoms with Gasteiger partial charge in [0.1, 0.15) is 12.4 Å². The topological polar surface area (TPSA) is 35.5 Å². The number of carbonyl (C=O) groups is 1. The number of benzene rings is 4. The summed E-state index contributed by atoms with van der Waals surface area (Å²) >= 11 is 0. The van der Waals surface area contributed by atoms with Crippen molar-refractivity contribution in [3.8, 4) is 28.0 Å². The molecule has 0 saturated heterocycles. The van der Waals surface area contributed by atoms with E-state index in [1.807, 2.05) is 0 Å². The van der Waals surface area contributed by atoms with Gasteiger partial charge in [0.05, 0.1) is 6.61 Å². The van der Waals surface area contributed by atoms with Crippen LogP contribution in [0.15, 0.2) is 97.1 Å². The molecule has 0 heterocycles. The first-order chi connectivity index (χ1) is 19.7. The van der Waals surface area contributed by atoms with Crippen molar-refractivity contribution < 1.29 is 14.3 Å². The van der Waals surface area contributed by atoms with E-state index in [1.165, 1.54) is 71.9 Å². The van der Waals surface area contributed by atoms with E-state index in [0.717, 1.165) is 23.8 Å². The van der Waals surface area contributed by atoms with Crippen molar-refractivity contribution >= 4 is 5.97 Å². The number of ether oxygens (including phenoxy) is 2. The summed E-state index contributed by atoms with van der Waals surface area (Å²) < 4.78 is 11.8. The average Bonchev–Trinajstić information content (AvgIpc) is 3.34. The Labute approximate surface area is 238 Å². The van der Waals surface area contributed by atoms with Crippen molar-refractivity contribution in [1.82, 2.24) is 0 Å². The quantitative estimate of drug-likeness (QED) is 0.192. The van der Waals surface area contributed by atoms with Gasteiger partial charge in [-0.1, -0.05) is 117 Å². The van der Waals surface area contributed by atoms with Gasteiger partial charge in [0.25, 0.3) is 0 Å². The number of carbonyl (C=O) groups excluding carboxylic acids is 1. The van der Waals surface area contributed by atoms with Gasteiger partial charge in [0.2, 0.25) is 0 Å². The third-order valence-corrected chi connectivity index (χ3v) is 8.65. The lowest BCUT2D eigenvalue weighted by atomic mass is 9.87. The fourth-order valence-electron chi connectivity index (χ4n) is 6.36. The molecule has 0 bridgehead atoms. The molecule has 0 unspecified atom stereocenters. The number of aryl methyl sites for hydroxylation is 1. The SMILES string of the molecule is O=C(CCc1ccc(-c2ccc(OCCC3CCCCC3)cc2)cc1)OCC1c2ccccc2-c2ccccc21. The Morgan fingerprint density at radius 2 is 1.30 bits per heavy atom. The number of esters is 1. The highest BCUT2D eigenvalue weighted by Gasteiger charge is 2.28. The van der Waals surface area contributed by atoms with Gasteiger partial charge in [-0.2, -0.15) is 0 Å². The largest absolute Gasteiger partial charge is 0.494 e. The van der Waals surface area contributed by atoms with E-state index in [9.17, 15) is 4.79 Å². The van der Waals surface area contributed by atoms with Crippen LogP contribution in [0.25, 0.3) is 22.3 Å². The van der Waals surface area contributed by atoms with E-state index in [-0.39, 0.29) is 11.9 Å². The van der Waals surface area contributed by atoms with Crippen molar-refractivity contribution in [1.29, 1.82) is 0 Å². The molecule has 0 N–H and O–H groups in total. The second-order valence-corrected chi connectivity index (χ2v) is 11.3. The number of rotatable bonds is 10. The van der Waals surface area contributed by atoms with Gasteiger partial charge in [-0.15, -0.1) is 0 Å². The molecule has 0 amide bonds. The lowest BCUT2D eigenvalue weighted by molar-refractivity contribution is -0.143. The van der Waals surface area contributed by atoms with Gasteiger partial charge in [-0.25, -0.2) is 0 Å². The molecule has 2 aliphatic carbocycles. The molecule has 1 fully saturated rings. The van der Waals surface area contributed by atoms with Crippen LogP contribution in [0.3, 0.4) is 0 Å². The maximum absolute atomic E-state index is 12.6. The summed E-state index contributed by atoms with van der Waals surface area (Å²) in [5.74, 6) is 1.74. The Hall–Kier alpha value is -3.85. The van der Waals surface area contributed by atoms with E-state index in [4.69, 9.17) is 9.47 Å². The van der Waals surface area contributed by atoms with Crippen LogP contribution in [0.1, 0.15) is 67.6 Å². The van der Waals surface area contributed by atoms with Crippen LogP contribution in [-0.2, 0) is 16.0 Å². The summed E-state index contributed by atoms with van der Waals surface area (Å²) in [4.78, 5) is 12.6. The van der Waals surface area contributed by atoms with Crippen LogP contribution < -0.4 is 4.74 Å². The minimum absolute atomic E-state index is 0.101. The molecule has 0 radical (unpaired) electrons. The van der Waals surface area contributed by atoms with Crippen molar-refractivity contribution in [2.45, 2.75) is 57.3 Å². The molecular weight excluding hydrogens is 492 g/mol. The molecule has 4 aromatic carbocycles. The third-order valence-electron chi connectivity index (χ3n) is 8.65. The van der Waals surface area contributed by atoms with Crippen LogP contribution in [0.5, 0.6) is 5.75 Å². The molecule has 0 aliphatic heterocycles. The Bertz CT molecular complexity index is 1370. The van der Waals surface area contributed by atoms with Crippen LogP contribution in [0.2, 0.25) is 0 Å². The Balaban J connectivity index is 0.970. The molecule has 204 valence electrons. The highest BCUT2D eigenvalue weighted by Crippen LogP contribution is 2.44. The molecule has 0 aromatic heterocycles. The summed E-state index contributed by atoms with van der Waals surface area (Å²) in [5.41, 5.74) is 8.45. The summed E-state index contributed by atoms with van der Waals surface area (Å²) in [6.45, 7) is 1.19. The van der Waals surface area contributed by atoms with E-state index in [0.29, 0.717) is 19.4 Å². The van der Waals surface area contributed by atoms with E-state index in [1.54, 1.807) is 0 Å². The second kappa shape index (κ2) is 12.6. The van der Waals surface area contributed by atoms with E-state index in [2.05, 4.69) is 97.1 Å². The zero-order valence-electron chi connectivity index (χ0n) is 23.2. The van der Waals surface area contributed by atoms with Gasteiger partial charge >= 0.3 is 5.97 Å². The molecular formula is C37H38O3. The van der Waals surface area contributed by atoms with Crippen LogP contribution in [0, 0.1) is 5.92 Å². The Kier molecular flexibility index (Phi) is 8.28. The van der Waals surface area contributed by atoms with E-state index < -0.39 is 0 Å². The summed E-state index contributed by atoms with van der Waals surface area (Å²) in [6.07, 6.45) is 9.11. The van der Waals surface area contributed by atoms with Crippen LogP contribution in [-0.4, -0.2) is 19.2 Å². The monoisotopic (exact) mass is 530 g/mol. The smallest absolute Gasteiger partial charge is 0.306 e. The van der Waals surface area contributed by atoms with Gasteiger partial charge in [-0.05, 0) is 69.8 Å². The third kappa shape index (κ3) is 6.14. The summed E-state index contributed by atoms with van der Waals surface area (Å²) in [7, 11) is 0. The van der Waals surface area contributed by atoms with Crippen molar-refractivity contribution in [2.75, 3.05) is 13.2 Å². The van der Waals surface area contributed by atoms with Crippen molar-refractivity contribution in [2.24, 2.45) is 5.92 Å². The predicted molar refractivity (Wildman–Crippen MR) is 162 cm³/mol. The van der Waals surface area contributed by atoms with Gasteiger partial charge in [0, 0.05) is 12.3 Å². The molecule has 40 heavy (non-hydrogen) atoms. The molecule has 2 aliphatic rings. The Morgan fingerprint density at radius 1 is 0.700 bits per heavy atom. The Morgan fingerprint density at radius 3 is 1.95 bits per heavy atom. The number of hydrogen-bond donors (Lipinski definition) is 0. The van der Waals surface area contributed by atoms with E-state index >= 15 is 0 Å². The zero-order valence-corrected chi connectivity index (χ0v) is 23.2. The minimum atomic E-state index is -0.148. The van der Waals surface area contributed by atoms with Crippen LogP contribution in [0.4, 0.5) is 0 Å². The second-order valence-electron chi connectivity index (χ2n) is 11.3. The van der Waals surface area contributed by atoms with Crippen molar-refractivity contribution in [3.05, 3.63) is 114 Å². The van der Waals surface area contributed by atoms with Gasteiger partial charge < -0.3 is 9.47 Å². The lowest BCUT2D eigenvalue weighted by Gasteiger charge is -2.21. The first-order valence-corrected chi connectivity index (χ1v) is 14.9. The molecule has 3 heteroatoms. The van der Waals surface area contributed by atoms with Gasteiger partial charge in [-0.3, -0.25) is 4.79 Å². The minimum Gasteiger partial charge on any atom is -0.494 e. The molecule has 0 spiro atoms. The summed E-state index contributed by atoms with van der Waals surface area (Å²) in [5, 5.41) is 0. The number of fused-ring (bicyclic) bond motifs is 3. The average molecular weight is 531 g/mol. The van der Waals surface area contributed by atoms with Crippen LogP contribution >= 0.6 is 0 Å². The normalized spacial score (nSPS) is 14.9. The molecule has 6 rings (SSSR count). The summed E-state index contributed by atoms with van der Waals surface area (Å²) in [6, 6.07) is 33.7. The fraction of sp³-hybridized carbons (Fsp3) is 0.324. The number of hydrogen-bond acceptors (Lipinski definition) is 3. The first-order valence-electron chi connectivity index (χ1n) is 14.9. The first kappa shape index (κ1) is 26.4. The van der Waals surface area contributed by atoms with Gasteiger partial charge in [0.15, 0.2) is 0 Å². The molecule has 4 aromatic rings. The standard InChI is InChI=1S/C37H38O3/c38-37(40-26-36-34-12-6-4-10-32(34)33-11-5-7-13-35(33)36)23-16-28-14-17-29(18-15-28)30-19-21-31(22-20-30)39-25-24-27-8-2-1-3-9-27/h4-7,10-15,17-22,27,36H,1-3,8-9,16,23-26H2. The van der Waals surface area contributed by atoms with Crippen molar-refractivity contribution in [3.63, 3.8) is 0 Å². The molecule has 1 saturated carbocycles. The maximum atomic E-state index is 12.6. The fourth-order valence-corrected chi connectivity index (χ4v) is 6.36. The maximum Gasteiger partial charge on any atom is 0.306 e. The molecule has 3 nitrogen and oxygen atoms in total. The lowest BCUT2D eigenvalue weighted by Crippen LogP contribution is -2.13. The molecule has 0 atom stereocenters. The highest BCUT2D eigenvalue weighted by molar-refractivity contribution is 5.79. The predicted octanol–water partition coefficient (Wildman–Crippen LogP) is 8.99. The zero-order chi connectivity index (χ0) is 27.1.